The van der Waals surface area contributed by atoms with Crippen LogP contribution >= 0.6 is 0 Å². The van der Waals surface area contributed by atoms with E-state index in [-0.39, 0.29) is 11.9 Å². The number of methoxy groups -OCH3 is 1. The summed E-state index contributed by atoms with van der Waals surface area (Å²) in [6, 6.07) is 6.62. The highest BCUT2D eigenvalue weighted by molar-refractivity contribution is 6.00. The largest absolute Gasteiger partial charge is 0.497 e. The minimum Gasteiger partial charge on any atom is -0.497 e. The van der Waals surface area contributed by atoms with E-state index in [1.807, 2.05) is 24.3 Å². The zero-order valence-corrected chi connectivity index (χ0v) is 15.5. The van der Waals surface area contributed by atoms with Gasteiger partial charge in [-0.1, -0.05) is 11.3 Å². The quantitative estimate of drug-likeness (QED) is 0.767. The third-order valence-electron chi connectivity index (χ3n) is 4.59. The van der Waals surface area contributed by atoms with E-state index in [0.717, 1.165) is 12.1 Å². The van der Waals surface area contributed by atoms with Crippen molar-refractivity contribution in [2.24, 2.45) is 0 Å². The number of carbonyl (C=O) groups is 2. The summed E-state index contributed by atoms with van der Waals surface area (Å²) < 4.78 is 6.94. The van der Waals surface area contributed by atoms with Crippen LogP contribution in [0.15, 0.2) is 36.7 Å². The predicted octanol–water partition coefficient (Wildman–Crippen LogP) is 1.12. The summed E-state index contributed by atoms with van der Waals surface area (Å²) in [5.41, 5.74) is 0.777. The molecular formula is C18H24N6O3. The molecule has 1 fully saturated rings. The first-order valence-electron chi connectivity index (χ1n) is 8.94. The fourth-order valence-electron chi connectivity index (χ4n) is 3.07. The van der Waals surface area contributed by atoms with E-state index in [1.165, 1.54) is 0 Å². The summed E-state index contributed by atoms with van der Waals surface area (Å²) >= 11 is 0. The fourth-order valence-corrected chi connectivity index (χ4v) is 3.07. The summed E-state index contributed by atoms with van der Waals surface area (Å²) in [5.74, 6) is 0.591. The van der Waals surface area contributed by atoms with E-state index in [9.17, 15) is 9.59 Å². The molecule has 0 bridgehead atoms. The van der Waals surface area contributed by atoms with Crippen LogP contribution in [-0.2, 0) is 11.3 Å². The molecule has 1 saturated heterocycles. The molecule has 1 aromatic carbocycles. The Morgan fingerprint density at radius 3 is 2.96 bits per heavy atom. The molecule has 0 saturated carbocycles. The van der Waals surface area contributed by atoms with Crippen LogP contribution in [0.25, 0.3) is 0 Å². The van der Waals surface area contributed by atoms with Crippen molar-refractivity contribution in [3.63, 3.8) is 0 Å². The predicted molar refractivity (Wildman–Crippen MR) is 99.6 cm³/mol. The molecule has 0 radical (unpaired) electrons. The monoisotopic (exact) mass is 372 g/mol. The Labute approximate surface area is 157 Å². The summed E-state index contributed by atoms with van der Waals surface area (Å²) in [6.45, 7) is 3.86. The Kier molecular flexibility index (Phi) is 5.90. The van der Waals surface area contributed by atoms with Crippen LogP contribution in [0.1, 0.15) is 13.3 Å². The van der Waals surface area contributed by atoms with Crippen LogP contribution in [0.3, 0.4) is 0 Å². The van der Waals surface area contributed by atoms with E-state index in [2.05, 4.69) is 15.6 Å². The standard InChI is InChI=1S/C18H24N6O3/c1-14-17(25)24(15-5-3-6-16(13-15)27-2)12-11-23(14)18(26)19-7-4-9-22-10-8-20-21-22/h3,5-6,8,10,13-14H,4,7,9,11-12H2,1-2H3,(H,19,26). The number of ether oxygens (including phenoxy) is 1. The van der Waals surface area contributed by atoms with Crippen LogP contribution in [0.2, 0.25) is 0 Å². The molecule has 3 rings (SSSR count). The lowest BCUT2D eigenvalue weighted by molar-refractivity contribution is -0.124. The Hall–Kier alpha value is -3.10. The average Bonchev–Trinajstić information content (AvgIpc) is 3.20. The number of nitrogens with zero attached hydrogens (tertiary/aromatic N) is 5. The lowest BCUT2D eigenvalue weighted by Gasteiger charge is -2.39. The van der Waals surface area contributed by atoms with Gasteiger partial charge in [0.15, 0.2) is 0 Å². The van der Waals surface area contributed by atoms with Gasteiger partial charge in [-0.15, -0.1) is 5.10 Å². The maximum atomic E-state index is 12.8. The number of carbonyl (C=O) groups excluding carboxylic acids is 2. The van der Waals surface area contributed by atoms with Gasteiger partial charge in [0.25, 0.3) is 0 Å². The molecule has 1 aromatic heterocycles. The van der Waals surface area contributed by atoms with Gasteiger partial charge in [0.2, 0.25) is 5.91 Å². The normalized spacial score (nSPS) is 17.1. The van der Waals surface area contributed by atoms with E-state index in [4.69, 9.17) is 4.74 Å². The zero-order chi connectivity index (χ0) is 19.2. The van der Waals surface area contributed by atoms with Crippen LogP contribution in [0.5, 0.6) is 5.75 Å². The van der Waals surface area contributed by atoms with Crippen LogP contribution in [0, 0.1) is 0 Å². The van der Waals surface area contributed by atoms with Gasteiger partial charge < -0.3 is 19.9 Å². The van der Waals surface area contributed by atoms with Gasteiger partial charge in [-0.3, -0.25) is 9.48 Å². The fraction of sp³-hybridized carbons (Fsp3) is 0.444. The number of hydrogen-bond acceptors (Lipinski definition) is 5. The Morgan fingerprint density at radius 1 is 1.37 bits per heavy atom. The first-order chi connectivity index (χ1) is 13.1. The number of amides is 3. The number of aryl methyl sites for hydroxylation is 1. The average molecular weight is 372 g/mol. The molecule has 0 spiro atoms. The Morgan fingerprint density at radius 2 is 2.22 bits per heavy atom. The number of aromatic nitrogens is 3. The highest BCUT2D eigenvalue weighted by Crippen LogP contribution is 2.24. The molecular weight excluding hydrogens is 348 g/mol. The topological polar surface area (TPSA) is 92.6 Å². The number of hydrogen-bond donors (Lipinski definition) is 1. The highest BCUT2D eigenvalue weighted by atomic mass is 16.5. The number of benzene rings is 1. The second-order valence-electron chi connectivity index (χ2n) is 6.31. The maximum Gasteiger partial charge on any atom is 0.318 e. The molecule has 2 heterocycles. The number of piperazine rings is 1. The van der Waals surface area contributed by atoms with Gasteiger partial charge in [-0.05, 0) is 25.5 Å². The molecule has 144 valence electrons. The maximum absolute atomic E-state index is 12.8. The van der Waals surface area contributed by atoms with Crippen LogP contribution < -0.4 is 15.0 Å². The summed E-state index contributed by atoms with van der Waals surface area (Å²) in [7, 11) is 1.59. The molecule has 9 nitrogen and oxygen atoms in total. The van der Waals surface area contributed by atoms with Crippen molar-refractivity contribution in [1.82, 2.24) is 25.2 Å². The van der Waals surface area contributed by atoms with E-state index >= 15 is 0 Å². The molecule has 1 aliphatic rings. The van der Waals surface area contributed by atoms with Gasteiger partial charge in [-0.25, -0.2) is 4.79 Å². The van der Waals surface area contributed by atoms with Crippen molar-refractivity contribution in [2.45, 2.75) is 25.9 Å². The molecule has 0 aliphatic carbocycles. The third-order valence-corrected chi connectivity index (χ3v) is 4.59. The van der Waals surface area contributed by atoms with Crippen molar-refractivity contribution < 1.29 is 14.3 Å². The number of urea groups is 1. The first kappa shape index (κ1) is 18.7. The molecule has 9 heteroatoms. The zero-order valence-electron chi connectivity index (χ0n) is 15.5. The molecule has 27 heavy (non-hydrogen) atoms. The van der Waals surface area contributed by atoms with E-state index < -0.39 is 6.04 Å². The minimum absolute atomic E-state index is 0.104. The molecule has 1 unspecified atom stereocenters. The van der Waals surface area contributed by atoms with Gasteiger partial charge in [0.05, 0.1) is 13.3 Å². The van der Waals surface area contributed by atoms with Crippen molar-refractivity contribution >= 4 is 17.6 Å². The molecule has 1 atom stereocenters. The lowest BCUT2D eigenvalue weighted by Crippen LogP contribution is -2.59. The van der Waals surface area contributed by atoms with Gasteiger partial charge >= 0.3 is 6.03 Å². The summed E-state index contributed by atoms with van der Waals surface area (Å²) in [6.07, 6.45) is 4.13. The summed E-state index contributed by atoms with van der Waals surface area (Å²) in [4.78, 5) is 28.5. The van der Waals surface area contributed by atoms with Crippen molar-refractivity contribution in [2.75, 3.05) is 31.6 Å². The highest BCUT2D eigenvalue weighted by Gasteiger charge is 2.34. The number of nitrogens with one attached hydrogen (secondary N) is 1. The number of anilines is 1. The van der Waals surface area contributed by atoms with Gasteiger partial charge in [0, 0.05) is 44.1 Å². The second-order valence-corrected chi connectivity index (χ2v) is 6.31. The molecule has 1 aliphatic heterocycles. The van der Waals surface area contributed by atoms with E-state index in [1.54, 1.807) is 40.9 Å². The lowest BCUT2D eigenvalue weighted by atomic mass is 10.1. The smallest absolute Gasteiger partial charge is 0.318 e. The Balaban J connectivity index is 1.53. The SMILES string of the molecule is COc1cccc(N2CCN(C(=O)NCCCn3ccnn3)C(C)C2=O)c1. The molecule has 1 N–H and O–H groups in total. The second kappa shape index (κ2) is 8.52. The van der Waals surface area contributed by atoms with Crippen molar-refractivity contribution in [3.8, 4) is 5.75 Å². The van der Waals surface area contributed by atoms with Gasteiger partial charge in [0.1, 0.15) is 11.8 Å². The van der Waals surface area contributed by atoms with E-state index in [0.29, 0.717) is 31.9 Å². The number of rotatable bonds is 6. The van der Waals surface area contributed by atoms with Crippen LogP contribution in [-0.4, -0.2) is 64.6 Å². The Bertz CT molecular complexity index is 779. The van der Waals surface area contributed by atoms with Gasteiger partial charge in [-0.2, -0.15) is 0 Å². The molecule has 2 aromatic rings. The van der Waals surface area contributed by atoms with Crippen molar-refractivity contribution in [3.05, 3.63) is 36.7 Å². The molecule has 3 amide bonds. The van der Waals surface area contributed by atoms with Crippen molar-refractivity contribution in [1.29, 1.82) is 0 Å². The first-order valence-corrected chi connectivity index (χ1v) is 8.94. The third kappa shape index (κ3) is 4.36. The summed E-state index contributed by atoms with van der Waals surface area (Å²) in [5, 5.41) is 10.5. The van der Waals surface area contributed by atoms with Crippen LogP contribution in [0.4, 0.5) is 10.5 Å². The minimum atomic E-state index is -0.528.